The largest absolute Gasteiger partial charge is 0.455 e. The Labute approximate surface area is 250 Å². The molecular formula is C40H26O. The van der Waals surface area contributed by atoms with E-state index in [9.17, 15) is 5.48 Å². The first kappa shape index (κ1) is 16.6. The summed E-state index contributed by atoms with van der Waals surface area (Å²) >= 11 is 0. The summed E-state index contributed by atoms with van der Waals surface area (Å²) in [4.78, 5) is 0. The van der Waals surface area contributed by atoms with Crippen molar-refractivity contribution in [1.29, 1.82) is 0 Å². The van der Waals surface area contributed by atoms with Crippen molar-refractivity contribution < 1.29 is 15.4 Å². The summed E-state index contributed by atoms with van der Waals surface area (Å²) in [7, 11) is 0. The number of rotatable bonds is 4. The minimum atomic E-state index is -0.447. The predicted octanol–water partition coefficient (Wildman–Crippen LogP) is 11.4. The first-order valence-electron chi connectivity index (χ1n) is 17.4. The molecule has 0 radical (unpaired) electrons. The van der Waals surface area contributed by atoms with Crippen LogP contribution in [0.25, 0.3) is 77.2 Å². The van der Waals surface area contributed by atoms with Crippen LogP contribution in [0.2, 0.25) is 0 Å². The molecule has 0 aliphatic carbocycles. The molecule has 0 unspecified atom stereocenters. The summed E-state index contributed by atoms with van der Waals surface area (Å²) < 4.78 is 78.9. The lowest BCUT2D eigenvalue weighted by Gasteiger charge is -2.18. The maximum atomic E-state index is 9.37. The van der Waals surface area contributed by atoms with Gasteiger partial charge in [-0.2, -0.15) is 0 Å². The molecule has 8 rings (SSSR count). The molecule has 41 heavy (non-hydrogen) atoms. The van der Waals surface area contributed by atoms with Crippen LogP contribution >= 0.6 is 0 Å². The van der Waals surface area contributed by atoms with Crippen LogP contribution in [0.5, 0.6) is 0 Å². The van der Waals surface area contributed by atoms with Gasteiger partial charge in [0.1, 0.15) is 11.3 Å². The van der Waals surface area contributed by atoms with Gasteiger partial charge in [-0.1, -0.05) is 145 Å². The van der Waals surface area contributed by atoms with Crippen LogP contribution in [0.1, 0.15) is 11.0 Å². The van der Waals surface area contributed by atoms with E-state index in [0.29, 0.717) is 39.0 Å². The average molecular weight is 531 g/mol. The molecule has 192 valence electrons. The lowest BCUT2D eigenvalue weighted by Crippen LogP contribution is -1.91. The summed E-state index contributed by atoms with van der Waals surface area (Å²) in [5, 5.41) is 1.25. The second-order valence-electron chi connectivity index (χ2n) is 9.87. The molecule has 1 nitrogen and oxygen atoms in total. The Morgan fingerprint density at radius 3 is 1.44 bits per heavy atom. The Balaban J connectivity index is 1.70. The van der Waals surface area contributed by atoms with E-state index in [4.69, 9.17) is 9.90 Å². The third kappa shape index (κ3) is 3.86. The van der Waals surface area contributed by atoms with Gasteiger partial charge in [0, 0.05) is 22.1 Å². The van der Waals surface area contributed by atoms with Gasteiger partial charge >= 0.3 is 0 Å². The fourth-order valence-electron chi connectivity index (χ4n) is 5.72. The molecular weight excluding hydrogens is 496 g/mol. The predicted molar refractivity (Wildman–Crippen MR) is 173 cm³/mol. The van der Waals surface area contributed by atoms with Crippen LogP contribution in [-0.4, -0.2) is 0 Å². The van der Waals surface area contributed by atoms with Crippen LogP contribution in [-0.2, 0) is 0 Å². The molecule has 0 spiro atoms. The number of hydrogen-bond donors (Lipinski definition) is 0. The van der Waals surface area contributed by atoms with Gasteiger partial charge in [-0.05, 0) is 55.9 Å². The van der Waals surface area contributed by atoms with Gasteiger partial charge in [0.25, 0.3) is 0 Å². The fraction of sp³-hybridized carbons (Fsp3) is 0. The van der Waals surface area contributed by atoms with E-state index in [-0.39, 0.29) is 51.3 Å². The molecule has 0 fully saturated rings. The molecule has 1 heterocycles. The number of fused-ring (bicyclic) bond motifs is 3. The highest BCUT2D eigenvalue weighted by Gasteiger charge is 2.24. The van der Waals surface area contributed by atoms with E-state index in [1.807, 2.05) is 84.9 Å². The van der Waals surface area contributed by atoms with E-state index in [1.165, 1.54) is 0 Å². The number of benzene rings is 7. The van der Waals surface area contributed by atoms with Crippen molar-refractivity contribution in [3.05, 3.63) is 158 Å². The van der Waals surface area contributed by atoms with Gasteiger partial charge in [-0.3, -0.25) is 0 Å². The van der Waals surface area contributed by atoms with Crippen LogP contribution < -0.4 is 0 Å². The zero-order valence-corrected chi connectivity index (χ0v) is 21.8. The average Bonchev–Trinajstić information content (AvgIpc) is 3.53. The minimum Gasteiger partial charge on any atom is -0.455 e. The van der Waals surface area contributed by atoms with Gasteiger partial charge in [0.15, 0.2) is 0 Å². The van der Waals surface area contributed by atoms with Gasteiger partial charge in [0.2, 0.25) is 0 Å². The highest BCUT2D eigenvalue weighted by Crippen LogP contribution is 2.49. The molecule has 0 N–H and O–H groups in total. The van der Waals surface area contributed by atoms with Crippen molar-refractivity contribution in [2.75, 3.05) is 0 Å². The monoisotopic (exact) mass is 530 g/mol. The van der Waals surface area contributed by atoms with E-state index in [2.05, 4.69) is 0 Å². The van der Waals surface area contributed by atoms with E-state index in [0.717, 1.165) is 11.1 Å². The maximum absolute atomic E-state index is 9.37. The van der Waals surface area contributed by atoms with E-state index < -0.39 is 24.2 Å². The summed E-state index contributed by atoms with van der Waals surface area (Å²) in [6.45, 7) is 0. The number of furan rings is 1. The first-order valence-corrected chi connectivity index (χ1v) is 13.4. The second-order valence-corrected chi connectivity index (χ2v) is 9.87. The van der Waals surface area contributed by atoms with Gasteiger partial charge < -0.3 is 4.42 Å². The van der Waals surface area contributed by atoms with Crippen molar-refractivity contribution in [3.63, 3.8) is 0 Å². The van der Waals surface area contributed by atoms with E-state index in [1.54, 1.807) is 24.3 Å². The highest BCUT2D eigenvalue weighted by molar-refractivity contribution is 6.25. The summed E-state index contributed by atoms with van der Waals surface area (Å²) in [5.74, 6) is 0.413. The Kier molecular flexibility index (Phi) is 3.92. The lowest BCUT2D eigenvalue weighted by molar-refractivity contribution is 0.632. The van der Waals surface area contributed by atoms with Crippen molar-refractivity contribution >= 4 is 32.5 Å². The zero-order chi connectivity index (χ0) is 34.1. The van der Waals surface area contributed by atoms with Crippen LogP contribution in [0.15, 0.2) is 162 Å². The van der Waals surface area contributed by atoms with Crippen molar-refractivity contribution in [2.24, 2.45) is 0 Å². The lowest BCUT2D eigenvalue weighted by atomic mass is 9.84. The molecule has 0 saturated heterocycles. The fourth-order valence-corrected chi connectivity index (χ4v) is 5.72. The third-order valence-electron chi connectivity index (χ3n) is 7.52. The summed E-state index contributed by atoms with van der Waals surface area (Å²) in [6, 6.07) is 30.9. The van der Waals surface area contributed by atoms with Gasteiger partial charge in [0.05, 0.1) is 11.0 Å². The summed E-state index contributed by atoms with van der Waals surface area (Å²) in [6.07, 6.45) is 0. The molecule has 0 atom stereocenters. The smallest absolute Gasteiger partial charge is 0.143 e. The molecule has 8 aromatic rings. The Bertz CT molecular complexity index is 2530. The Morgan fingerprint density at radius 1 is 0.390 bits per heavy atom. The third-order valence-corrected chi connectivity index (χ3v) is 7.52. The van der Waals surface area contributed by atoms with Gasteiger partial charge in [-0.15, -0.1) is 0 Å². The minimum absolute atomic E-state index is 0.146. The second kappa shape index (κ2) is 9.66. The quantitative estimate of drug-likeness (QED) is 0.206. The molecule has 1 heteroatoms. The first-order chi connectivity index (χ1) is 23.7. The maximum Gasteiger partial charge on any atom is 0.143 e. The van der Waals surface area contributed by atoms with Crippen LogP contribution in [0, 0.1) is 0 Å². The van der Waals surface area contributed by atoms with Gasteiger partial charge in [-0.25, -0.2) is 0 Å². The van der Waals surface area contributed by atoms with E-state index >= 15 is 0 Å². The topological polar surface area (TPSA) is 13.1 Å². The molecule has 7 aromatic carbocycles. The van der Waals surface area contributed by atoms with Crippen molar-refractivity contribution in [3.8, 4) is 44.7 Å². The molecule has 0 aliphatic heterocycles. The zero-order valence-electron chi connectivity index (χ0n) is 29.8. The molecule has 0 amide bonds. The number of hydrogen-bond acceptors (Lipinski definition) is 1. The highest BCUT2D eigenvalue weighted by atomic mass is 16.3. The van der Waals surface area contributed by atoms with Crippen molar-refractivity contribution in [2.45, 2.75) is 0 Å². The molecule has 0 aliphatic rings. The molecule has 0 saturated carbocycles. The van der Waals surface area contributed by atoms with Crippen LogP contribution in [0.3, 0.4) is 0 Å². The SMILES string of the molecule is [2H]c1c([2H])c([2H])c2c(-c3c(-c4ccccc4)oc4ccc(-c5ccccc5)cc34)c3c([2H])c([2H])c([2H])c([2H])c3c(-c3ccccc3)c2c1[2H]. The Hall–Kier alpha value is -5.40. The normalized spacial score (nSPS) is 14.1. The molecule has 0 bridgehead atoms. The Morgan fingerprint density at radius 2 is 0.878 bits per heavy atom. The standard InChI is InChI=1S/C40H26O/c1-4-14-27(15-5-1)30-24-25-36-35(26-30)39(40(41-36)29-18-8-3-9-19-29)38-33-22-12-10-20-31(33)37(28-16-6-2-7-17-28)32-21-11-13-23-34(32)38/h1-26H/i10D,11D,12D,13D,20D,21D,22D,23D. The van der Waals surface area contributed by atoms with Crippen molar-refractivity contribution in [1.82, 2.24) is 0 Å². The molecule has 1 aromatic heterocycles. The summed E-state index contributed by atoms with van der Waals surface area (Å²) in [5.41, 5.74) is 4.66. The van der Waals surface area contributed by atoms with Crippen LogP contribution in [0.4, 0.5) is 0 Å².